The number of ether oxygens (including phenoxy) is 3. The second kappa shape index (κ2) is 7.74. The molecule has 3 aliphatic rings. The minimum absolute atomic E-state index is 0.112. The number of imide groups is 1. The number of nitrogens with one attached hydrogen (secondary N) is 1. The van der Waals surface area contributed by atoms with E-state index in [9.17, 15) is 9.59 Å². The molecular formula is C24H24N2O5. The van der Waals surface area contributed by atoms with Gasteiger partial charge < -0.3 is 19.5 Å². The van der Waals surface area contributed by atoms with E-state index in [2.05, 4.69) is 5.32 Å². The monoisotopic (exact) mass is 420 g/mol. The Morgan fingerprint density at radius 2 is 1.84 bits per heavy atom. The second-order valence-corrected chi connectivity index (χ2v) is 8.10. The largest absolute Gasteiger partial charge is 0.454 e. The first kappa shape index (κ1) is 19.6. The maximum atomic E-state index is 13.4. The zero-order valence-electron chi connectivity index (χ0n) is 17.6. The summed E-state index contributed by atoms with van der Waals surface area (Å²) in [5.74, 6) is 0.618. The van der Waals surface area contributed by atoms with Crippen LogP contribution in [0.1, 0.15) is 29.5 Å². The summed E-state index contributed by atoms with van der Waals surface area (Å²) in [5, 5.41) is 3.18. The molecule has 1 saturated heterocycles. The van der Waals surface area contributed by atoms with E-state index in [1.165, 1.54) is 4.90 Å². The molecule has 0 aromatic heterocycles. The third kappa shape index (κ3) is 3.55. The van der Waals surface area contributed by atoms with E-state index < -0.39 is 0 Å². The highest BCUT2D eigenvalue weighted by Crippen LogP contribution is 2.37. The van der Waals surface area contributed by atoms with E-state index in [0.717, 1.165) is 29.5 Å². The van der Waals surface area contributed by atoms with Crippen molar-refractivity contribution in [3.63, 3.8) is 0 Å². The average molecular weight is 420 g/mol. The first-order valence-electron chi connectivity index (χ1n) is 10.5. The molecule has 1 unspecified atom stereocenters. The van der Waals surface area contributed by atoms with Gasteiger partial charge in [-0.25, -0.2) is 0 Å². The molecule has 2 aromatic carbocycles. The number of rotatable bonds is 5. The number of amides is 2. The van der Waals surface area contributed by atoms with Gasteiger partial charge in [0, 0.05) is 18.4 Å². The first-order valence-corrected chi connectivity index (χ1v) is 10.5. The lowest BCUT2D eigenvalue weighted by molar-refractivity contribution is -0.138. The zero-order valence-corrected chi connectivity index (χ0v) is 17.6. The smallest absolute Gasteiger partial charge is 0.278 e. The van der Waals surface area contributed by atoms with Gasteiger partial charge in [0.15, 0.2) is 11.5 Å². The van der Waals surface area contributed by atoms with Gasteiger partial charge in [0.25, 0.3) is 11.8 Å². The van der Waals surface area contributed by atoms with Crippen LogP contribution in [0.25, 0.3) is 5.57 Å². The van der Waals surface area contributed by atoms with Gasteiger partial charge >= 0.3 is 0 Å². The van der Waals surface area contributed by atoms with Crippen molar-refractivity contribution in [1.82, 2.24) is 4.90 Å². The highest BCUT2D eigenvalue weighted by Gasteiger charge is 2.41. The van der Waals surface area contributed by atoms with Gasteiger partial charge in [-0.05, 0) is 55.5 Å². The van der Waals surface area contributed by atoms with Crippen molar-refractivity contribution in [2.45, 2.75) is 32.8 Å². The van der Waals surface area contributed by atoms with Crippen LogP contribution in [0, 0.1) is 13.8 Å². The summed E-state index contributed by atoms with van der Waals surface area (Å²) >= 11 is 0. The highest BCUT2D eigenvalue weighted by molar-refractivity contribution is 6.36. The normalized spacial score (nSPS) is 20.2. The molecule has 1 N–H and O–H groups in total. The Kier molecular flexibility index (Phi) is 4.90. The molecule has 0 saturated carbocycles. The molecule has 0 spiro atoms. The molecule has 2 aromatic rings. The Hall–Kier alpha value is -3.32. The van der Waals surface area contributed by atoms with E-state index in [4.69, 9.17) is 14.2 Å². The van der Waals surface area contributed by atoms with Crippen LogP contribution in [0.15, 0.2) is 42.1 Å². The highest BCUT2D eigenvalue weighted by atomic mass is 16.7. The molecule has 7 heteroatoms. The van der Waals surface area contributed by atoms with Crippen molar-refractivity contribution < 1.29 is 23.8 Å². The Bertz CT molecular complexity index is 1100. The molecule has 3 aliphatic heterocycles. The summed E-state index contributed by atoms with van der Waals surface area (Å²) in [6.07, 6.45) is 1.68. The quantitative estimate of drug-likeness (QED) is 0.747. The van der Waals surface area contributed by atoms with Crippen molar-refractivity contribution in [1.29, 1.82) is 0 Å². The van der Waals surface area contributed by atoms with Crippen molar-refractivity contribution in [2.75, 3.05) is 25.3 Å². The predicted molar refractivity (Wildman–Crippen MR) is 115 cm³/mol. The van der Waals surface area contributed by atoms with Crippen LogP contribution in [0.5, 0.6) is 11.5 Å². The summed E-state index contributed by atoms with van der Waals surface area (Å²) in [7, 11) is 0. The average Bonchev–Trinajstić information content (AvgIpc) is 3.48. The van der Waals surface area contributed by atoms with Crippen LogP contribution in [-0.4, -0.2) is 42.8 Å². The van der Waals surface area contributed by atoms with E-state index in [1.807, 2.05) is 32.0 Å². The van der Waals surface area contributed by atoms with Crippen molar-refractivity contribution in [3.05, 3.63) is 58.8 Å². The Morgan fingerprint density at radius 1 is 1.00 bits per heavy atom. The Balaban J connectivity index is 1.53. The maximum absolute atomic E-state index is 13.4. The molecule has 1 fully saturated rings. The lowest BCUT2D eigenvalue weighted by Gasteiger charge is -2.19. The van der Waals surface area contributed by atoms with E-state index in [-0.39, 0.29) is 37.0 Å². The lowest BCUT2D eigenvalue weighted by Crippen LogP contribution is -2.38. The Morgan fingerprint density at radius 3 is 2.61 bits per heavy atom. The van der Waals surface area contributed by atoms with Gasteiger partial charge in [0.2, 0.25) is 6.79 Å². The number of anilines is 1. The molecule has 7 nitrogen and oxygen atoms in total. The molecule has 160 valence electrons. The molecule has 1 atom stereocenters. The van der Waals surface area contributed by atoms with Gasteiger partial charge in [-0.3, -0.25) is 14.5 Å². The summed E-state index contributed by atoms with van der Waals surface area (Å²) in [5.41, 5.74) is 4.21. The second-order valence-electron chi connectivity index (χ2n) is 8.10. The first-order chi connectivity index (χ1) is 15.0. The van der Waals surface area contributed by atoms with Crippen LogP contribution >= 0.6 is 0 Å². The Labute approximate surface area is 180 Å². The van der Waals surface area contributed by atoms with Crippen LogP contribution in [-0.2, 0) is 14.3 Å². The molecule has 5 rings (SSSR count). The van der Waals surface area contributed by atoms with Gasteiger partial charge in [0.05, 0.1) is 18.2 Å². The van der Waals surface area contributed by atoms with Crippen LogP contribution < -0.4 is 14.8 Å². The maximum Gasteiger partial charge on any atom is 0.278 e. The number of hydrogen-bond acceptors (Lipinski definition) is 6. The molecule has 0 radical (unpaired) electrons. The molecule has 2 amide bonds. The predicted octanol–water partition coefficient (Wildman–Crippen LogP) is 3.40. The topological polar surface area (TPSA) is 77.1 Å². The molecule has 3 heterocycles. The van der Waals surface area contributed by atoms with Gasteiger partial charge in [-0.1, -0.05) is 18.2 Å². The minimum atomic E-state index is -0.341. The number of benzene rings is 2. The summed E-state index contributed by atoms with van der Waals surface area (Å²) in [6.45, 7) is 5.11. The number of carbonyl (C=O) groups is 2. The molecule has 0 aliphatic carbocycles. The SMILES string of the molecule is Cc1ccc(C2=C(Nc3ccc4c(c3)OCO4)C(=O)N(CC3CCCO3)C2=O)cc1C. The summed E-state index contributed by atoms with van der Waals surface area (Å²) in [4.78, 5) is 28.0. The third-order valence-electron chi connectivity index (χ3n) is 6.02. The summed E-state index contributed by atoms with van der Waals surface area (Å²) < 4.78 is 16.5. The van der Waals surface area contributed by atoms with Gasteiger partial charge in [-0.15, -0.1) is 0 Å². The number of fused-ring (bicyclic) bond motifs is 1. The van der Waals surface area contributed by atoms with E-state index in [0.29, 0.717) is 29.4 Å². The van der Waals surface area contributed by atoms with Gasteiger partial charge in [-0.2, -0.15) is 0 Å². The number of aryl methyl sites for hydroxylation is 2. The van der Waals surface area contributed by atoms with Crippen LogP contribution in [0.3, 0.4) is 0 Å². The molecule has 0 bridgehead atoms. The fourth-order valence-electron chi connectivity index (χ4n) is 4.13. The van der Waals surface area contributed by atoms with Crippen molar-refractivity contribution >= 4 is 23.1 Å². The van der Waals surface area contributed by atoms with Crippen LogP contribution in [0.2, 0.25) is 0 Å². The number of nitrogens with zero attached hydrogens (tertiary/aromatic N) is 1. The molecular weight excluding hydrogens is 396 g/mol. The fourth-order valence-corrected chi connectivity index (χ4v) is 4.13. The zero-order chi connectivity index (χ0) is 21.5. The number of hydrogen-bond donors (Lipinski definition) is 1. The minimum Gasteiger partial charge on any atom is -0.454 e. The standard InChI is InChI=1S/C24H24N2O5/c1-14-5-6-16(10-15(14)2)21-22(25-17-7-8-19-20(11-17)31-13-30-19)24(28)26(23(21)27)12-18-4-3-9-29-18/h5-8,10-11,18,25H,3-4,9,12-13H2,1-2H3. The third-order valence-corrected chi connectivity index (χ3v) is 6.02. The van der Waals surface area contributed by atoms with Gasteiger partial charge in [0.1, 0.15) is 5.70 Å². The van der Waals surface area contributed by atoms with Crippen LogP contribution in [0.4, 0.5) is 5.69 Å². The lowest BCUT2D eigenvalue weighted by atomic mass is 9.99. The summed E-state index contributed by atoms with van der Waals surface area (Å²) in [6, 6.07) is 11.2. The number of carbonyl (C=O) groups excluding carboxylic acids is 2. The fraction of sp³-hybridized carbons (Fsp3) is 0.333. The van der Waals surface area contributed by atoms with Crippen molar-refractivity contribution in [3.8, 4) is 11.5 Å². The van der Waals surface area contributed by atoms with Crippen molar-refractivity contribution in [2.24, 2.45) is 0 Å². The van der Waals surface area contributed by atoms with E-state index >= 15 is 0 Å². The molecule has 31 heavy (non-hydrogen) atoms. The van der Waals surface area contributed by atoms with E-state index in [1.54, 1.807) is 18.2 Å².